The van der Waals surface area contributed by atoms with E-state index >= 15 is 0 Å². The highest BCUT2D eigenvalue weighted by Crippen LogP contribution is 2.40. The average Bonchev–Trinajstić information content (AvgIpc) is 2.41. The lowest BCUT2D eigenvalue weighted by Crippen LogP contribution is -2.42. The van der Waals surface area contributed by atoms with Gasteiger partial charge < -0.3 is 4.74 Å². The number of methoxy groups -OCH3 is 1. The largest absolute Gasteiger partial charge is 0.497 e. The van der Waals surface area contributed by atoms with Crippen molar-refractivity contribution < 1.29 is 9.57 Å². The van der Waals surface area contributed by atoms with Crippen LogP contribution in [0, 0.1) is 11.8 Å². The lowest BCUT2D eigenvalue weighted by Gasteiger charge is -2.41. The Labute approximate surface area is 123 Å². The second-order valence-electron chi connectivity index (χ2n) is 6.51. The van der Waals surface area contributed by atoms with Gasteiger partial charge in [-0.15, -0.1) is 0 Å². The van der Waals surface area contributed by atoms with Crippen LogP contribution in [0.25, 0.3) is 0 Å². The van der Waals surface area contributed by atoms with Gasteiger partial charge in [0, 0.05) is 14.1 Å². The summed E-state index contributed by atoms with van der Waals surface area (Å²) in [5.74, 6) is 2.05. The van der Waals surface area contributed by atoms with Crippen LogP contribution >= 0.6 is 0 Å². The first-order valence-corrected chi connectivity index (χ1v) is 7.85. The maximum Gasteiger partial charge on any atom is 0.114 e. The second-order valence-corrected chi connectivity index (χ2v) is 6.51. The third kappa shape index (κ3) is 3.86. The van der Waals surface area contributed by atoms with Crippen LogP contribution in [0.15, 0.2) is 24.0 Å². The van der Waals surface area contributed by atoms with Gasteiger partial charge in [-0.25, -0.2) is 0 Å². The minimum Gasteiger partial charge on any atom is -0.497 e. The van der Waals surface area contributed by atoms with Gasteiger partial charge in [0.1, 0.15) is 5.76 Å². The highest BCUT2D eigenvalue weighted by atomic mass is 16.7. The van der Waals surface area contributed by atoms with Crippen molar-refractivity contribution in [1.29, 1.82) is 0 Å². The van der Waals surface area contributed by atoms with E-state index in [-0.39, 0.29) is 5.60 Å². The Bertz CT molecular complexity index is 367. The Morgan fingerprint density at radius 3 is 2.50 bits per heavy atom. The summed E-state index contributed by atoms with van der Waals surface area (Å²) in [7, 11) is 5.74. The molecule has 0 aromatic rings. The van der Waals surface area contributed by atoms with Gasteiger partial charge in [-0.05, 0) is 43.3 Å². The van der Waals surface area contributed by atoms with Crippen molar-refractivity contribution in [2.75, 3.05) is 21.2 Å². The fraction of sp³-hybridized carbons (Fsp3) is 0.765. The van der Waals surface area contributed by atoms with E-state index in [2.05, 4.69) is 25.2 Å². The molecular formula is C17H29NO2. The lowest BCUT2D eigenvalue weighted by molar-refractivity contribution is -0.238. The molecule has 3 nitrogen and oxygen atoms in total. The maximum atomic E-state index is 6.23. The van der Waals surface area contributed by atoms with Crippen LogP contribution in [0.4, 0.5) is 0 Å². The molecule has 2 rings (SSSR count). The molecule has 0 heterocycles. The monoisotopic (exact) mass is 279 g/mol. The van der Waals surface area contributed by atoms with Crippen LogP contribution in [0.3, 0.4) is 0 Å². The molecular weight excluding hydrogens is 250 g/mol. The van der Waals surface area contributed by atoms with Gasteiger partial charge in [0.2, 0.25) is 0 Å². The van der Waals surface area contributed by atoms with Crippen LogP contribution in [-0.4, -0.2) is 31.9 Å². The minimum atomic E-state index is 0.0312. The summed E-state index contributed by atoms with van der Waals surface area (Å²) in [6, 6.07) is 0. The van der Waals surface area contributed by atoms with Crippen molar-refractivity contribution in [1.82, 2.24) is 5.06 Å². The Kier molecular flexibility index (Phi) is 5.28. The van der Waals surface area contributed by atoms with E-state index in [1.807, 2.05) is 19.2 Å². The Balaban J connectivity index is 2.05. The predicted octanol–water partition coefficient (Wildman–Crippen LogP) is 3.93. The number of hydrogen-bond donors (Lipinski definition) is 0. The minimum absolute atomic E-state index is 0.0312. The molecule has 0 N–H and O–H groups in total. The van der Waals surface area contributed by atoms with Crippen molar-refractivity contribution in [3.8, 4) is 0 Å². The molecule has 1 fully saturated rings. The first-order chi connectivity index (χ1) is 9.54. The highest BCUT2D eigenvalue weighted by Gasteiger charge is 2.37. The van der Waals surface area contributed by atoms with Crippen LogP contribution in [0.1, 0.15) is 45.4 Å². The first-order valence-electron chi connectivity index (χ1n) is 7.85. The third-order valence-corrected chi connectivity index (χ3v) is 4.59. The quantitative estimate of drug-likeness (QED) is 0.712. The zero-order chi connectivity index (χ0) is 14.6. The number of ether oxygens (including phenoxy) is 1. The molecule has 2 unspecified atom stereocenters. The van der Waals surface area contributed by atoms with Gasteiger partial charge >= 0.3 is 0 Å². The molecule has 20 heavy (non-hydrogen) atoms. The van der Waals surface area contributed by atoms with E-state index in [1.54, 1.807) is 7.11 Å². The molecule has 0 amide bonds. The number of hydroxylamine groups is 2. The summed E-state index contributed by atoms with van der Waals surface area (Å²) in [5, 5.41) is 1.89. The standard InChI is InChI=1S/C17H29NO2/c1-14-12-16(19-4)9-8-15(14)13-17(20-18(2)3)10-6-5-7-11-17/h8-9,12,14-15H,5-7,10-11,13H2,1-4H3. The van der Waals surface area contributed by atoms with E-state index < -0.39 is 0 Å². The Morgan fingerprint density at radius 2 is 1.95 bits per heavy atom. The second kappa shape index (κ2) is 6.77. The summed E-state index contributed by atoms with van der Waals surface area (Å²) >= 11 is 0. The zero-order valence-electron chi connectivity index (χ0n) is 13.4. The molecule has 0 spiro atoms. The van der Waals surface area contributed by atoms with E-state index in [4.69, 9.17) is 9.57 Å². The molecule has 114 valence electrons. The number of hydrogen-bond acceptors (Lipinski definition) is 3. The van der Waals surface area contributed by atoms with Crippen LogP contribution < -0.4 is 0 Å². The molecule has 2 atom stereocenters. The maximum absolute atomic E-state index is 6.23. The fourth-order valence-electron chi connectivity index (χ4n) is 3.57. The lowest BCUT2D eigenvalue weighted by atomic mass is 9.74. The molecule has 0 aromatic heterocycles. The molecule has 0 radical (unpaired) electrons. The molecule has 2 aliphatic rings. The van der Waals surface area contributed by atoms with Gasteiger partial charge in [-0.3, -0.25) is 4.84 Å². The van der Waals surface area contributed by atoms with E-state index in [1.165, 1.54) is 32.1 Å². The van der Waals surface area contributed by atoms with Crippen molar-refractivity contribution in [3.63, 3.8) is 0 Å². The molecule has 0 bridgehead atoms. The highest BCUT2D eigenvalue weighted by molar-refractivity contribution is 5.20. The van der Waals surface area contributed by atoms with Crippen LogP contribution in [0.2, 0.25) is 0 Å². The topological polar surface area (TPSA) is 21.7 Å². The first kappa shape index (κ1) is 15.6. The SMILES string of the molecule is COC1=CC(C)C(CC2(ON(C)C)CCCCC2)C=C1. The van der Waals surface area contributed by atoms with Gasteiger partial charge in [0.15, 0.2) is 0 Å². The Morgan fingerprint density at radius 1 is 1.25 bits per heavy atom. The summed E-state index contributed by atoms with van der Waals surface area (Å²) in [6.07, 6.45) is 14.0. The van der Waals surface area contributed by atoms with Crippen molar-refractivity contribution in [2.45, 2.75) is 51.0 Å². The summed E-state index contributed by atoms with van der Waals surface area (Å²) < 4.78 is 5.32. The van der Waals surface area contributed by atoms with Gasteiger partial charge in [-0.2, -0.15) is 5.06 Å². The third-order valence-electron chi connectivity index (χ3n) is 4.59. The Hall–Kier alpha value is -0.800. The van der Waals surface area contributed by atoms with Gasteiger partial charge in [-0.1, -0.05) is 32.3 Å². The number of rotatable bonds is 5. The fourth-order valence-corrected chi connectivity index (χ4v) is 3.57. The predicted molar refractivity (Wildman–Crippen MR) is 82.1 cm³/mol. The van der Waals surface area contributed by atoms with E-state index in [9.17, 15) is 0 Å². The summed E-state index contributed by atoms with van der Waals surface area (Å²) in [6.45, 7) is 2.28. The van der Waals surface area contributed by atoms with E-state index in [0.29, 0.717) is 11.8 Å². The average molecular weight is 279 g/mol. The molecule has 0 aromatic carbocycles. The molecule has 0 aliphatic heterocycles. The molecule has 1 saturated carbocycles. The van der Waals surface area contributed by atoms with Gasteiger partial charge in [0.05, 0.1) is 12.7 Å². The summed E-state index contributed by atoms with van der Waals surface area (Å²) in [4.78, 5) is 6.23. The summed E-state index contributed by atoms with van der Waals surface area (Å²) in [5.41, 5.74) is 0.0312. The number of nitrogens with zero attached hydrogens (tertiary/aromatic N) is 1. The van der Waals surface area contributed by atoms with Crippen LogP contribution in [0.5, 0.6) is 0 Å². The smallest absolute Gasteiger partial charge is 0.114 e. The van der Waals surface area contributed by atoms with Crippen molar-refractivity contribution in [2.24, 2.45) is 11.8 Å². The van der Waals surface area contributed by atoms with Crippen LogP contribution in [-0.2, 0) is 9.57 Å². The normalized spacial score (nSPS) is 29.4. The molecule has 0 saturated heterocycles. The number of allylic oxidation sites excluding steroid dienone is 3. The molecule has 2 aliphatic carbocycles. The molecule has 3 heteroatoms. The van der Waals surface area contributed by atoms with Crippen molar-refractivity contribution in [3.05, 3.63) is 24.0 Å². The van der Waals surface area contributed by atoms with E-state index in [0.717, 1.165) is 12.2 Å². The van der Waals surface area contributed by atoms with Crippen molar-refractivity contribution >= 4 is 0 Å². The van der Waals surface area contributed by atoms with Gasteiger partial charge in [0.25, 0.3) is 0 Å². The zero-order valence-corrected chi connectivity index (χ0v) is 13.4.